The number of hydrogen-bond donors (Lipinski definition) is 1. The molecule has 4 rings (SSSR count). The number of amides is 2. The molecule has 1 N–H and O–H groups in total. The molecule has 2 amide bonds. The SMILES string of the molecule is O=C(NC1CCCCC1)C1CCCN(C(=O)Cc2ccc(S(=O)(=O)N3CCCC3)s2)C1. The van der Waals surface area contributed by atoms with E-state index in [-0.39, 0.29) is 30.2 Å². The van der Waals surface area contributed by atoms with Crippen molar-refractivity contribution in [1.29, 1.82) is 0 Å². The molecule has 1 saturated carbocycles. The van der Waals surface area contributed by atoms with Crippen LogP contribution in [0.25, 0.3) is 0 Å². The Bertz CT molecular complexity index is 886. The van der Waals surface area contributed by atoms with Crippen molar-refractivity contribution in [2.45, 2.75) is 74.5 Å². The average Bonchev–Trinajstić information content (AvgIpc) is 3.48. The first-order valence-corrected chi connectivity index (χ1v) is 13.9. The van der Waals surface area contributed by atoms with E-state index in [1.165, 1.54) is 34.9 Å². The number of nitrogens with one attached hydrogen (secondary N) is 1. The van der Waals surface area contributed by atoms with Crippen LogP contribution in [0, 0.1) is 5.92 Å². The normalized spacial score (nSPS) is 23.7. The molecular weight excluding hydrogens is 434 g/mol. The molecule has 9 heteroatoms. The van der Waals surface area contributed by atoms with Gasteiger partial charge in [-0.3, -0.25) is 9.59 Å². The number of likely N-dealkylation sites (tertiary alicyclic amines) is 1. The summed E-state index contributed by atoms with van der Waals surface area (Å²) in [5, 5.41) is 3.20. The zero-order valence-electron chi connectivity index (χ0n) is 18.1. The third kappa shape index (κ3) is 5.49. The number of sulfonamides is 1. The Morgan fingerprint density at radius 1 is 0.968 bits per heavy atom. The van der Waals surface area contributed by atoms with Crippen LogP contribution in [-0.2, 0) is 26.0 Å². The number of hydrogen-bond acceptors (Lipinski definition) is 5. The van der Waals surface area contributed by atoms with Gasteiger partial charge >= 0.3 is 0 Å². The summed E-state index contributed by atoms with van der Waals surface area (Å²) in [6.07, 6.45) is 9.37. The predicted molar refractivity (Wildman–Crippen MR) is 120 cm³/mol. The molecule has 1 aliphatic carbocycles. The number of carbonyl (C=O) groups excluding carboxylic acids is 2. The highest BCUT2D eigenvalue weighted by atomic mass is 32.2. The molecule has 0 bridgehead atoms. The lowest BCUT2D eigenvalue weighted by Gasteiger charge is -2.33. The minimum atomic E-state index is -3.44. The second kappa shape index (κ2) is 10.0. The van der Waals surface area contributed by atoms with E-state index in [9.17, 15) is 18.0 Å². The molecule has 3 heterocycles. The molecule has 1 unspecified atom stereocenters. The van der Waals surface area contributed by atoms with Gasteiger partial charge in [-0.05, 0) is 50.7 Å². The molecule has 0 radical (unpaired) electrons. The first kappa shape index (κ1) is 22.7. The Balaban J connectivity index is 1.32. The Morgan fingerprint density at radius 3 is 2.45 bits per heavy atom. The highest BCUT2D eigenvalue weighted by Gasteiger charge is 2.31. The second-order valence-corrected chi connectivity index (χ2v) is 12.4. The van der Waals surface area contributed by atoms with Crippen LogP contribution in [0.4, 0.5) is 0 Å². The zero-order valence-corrected chi connectivity index (χ0v) is 19.7. The molecule has 3 fully saturated rings. The molecule has 31 heavy (non-hydrogen) atoms. The van der Waals surface area contributed by atoms with Gasteiger partial charge in [0.25, 0.3) is 10.0 Å². The summed E-state index contributed by atoms with van der Waals surface area (Å²) in [6, 6.07) is 3.66. The molecule has 3 aliphatic rings. The van der Waals surface area contributed by atoms with Gasteiger partial charge in [-0.2, -0.15) is 4.31 Å². The van der Waals surface area contributed by atoms with Crippen LogP contribution in [0.5, 0.6) is 0 Å². The van der Waals surface area contributed by atoms with Gasteiger partial charge in [-0.15, -0.1) is 11.3 Å². The number of nitrogens with zero attached hydrogens (tertiary/aromatic N) is 2. The van der Waals surface area contributed by atoms with E-state index in [0.717, 1.165) is 43.4 Å². The van der Waals surface area contributed by atoms with Crippen LogP contribution in [0.2, 0.25) is 0 Å². The van der Waals surface area contributed by atoms with Crippen molar-refractivity contribution in [2.75, 3.05) is 26.2 Å². The van der Waals surface area contributed by atoms with E-state index in [2.05, 4.69) is 5.32 Å². The maximum Gasteiger partial charge on any atom is 0.252 e. The topological polar surface area (TPSA) is 86.8 Å². The lowest BCUT2D eigenvalue weighted by Crippen LogP contribution is -2.48. The standard InChI is InChI=1S/C22H33N3O4S2/c26-20(15-19-10-11-21(30-19)31(28,29)25-13-4-5-14-25)24-12-6-7-17(16-24)22(27)23-18-8-2-1-3-9-18/h10-11,17-18H,1-9,12-16H2,(H,23,27). The van der Waals surface area contributed by atoms with E-state index in [4.69, 9.17) is 0 Å². The van der Waals surface area contributed by atoms with Crippen molar-refractivity contribution in [3.63, 3.8) is 0 Å². The molecule has 2 aliphatic heterocycles. The van der Waals surface area contributed by atoms with E-state index < -0.39 is 10.0 Å². The van der Waals surface area contributed by atoms with Crippen molar-refractivity contribution in [1.82, 2.24) is 14.5 Å². The van der Waals surface area contributed by atoms with Gasteiger partial charge in [-0.25, -0.2) is 8.42 Å². The summed E-state index contributed by atoms with van der Waals surface area (Å²) in [4.78, 5) is 28.1. The average molecular weight is 468 g/mol. The fourth-order valence-corrected chi connectivity index (χ4v) is 7.91. The van der Waals surface area contributed by atoms with Crippen LogP contribution in [0.1, 0.15) is 62.7 Å². The molecule has 7 nitrogen and oxygen atoms in total. The summed E-state index contributed by atoms with van der Waals surface area (Å²) in [5.74, 6) is -0.0873. The van der Waals surface area contributed by atoms with E-state index in [1.807, 2.05) is 0 Å². The summed E-state index contributed by atoms with van der Waals surface area (Å²) >= 11 is 1.19. The van der Waals surface area contributed by atoms with Gasteiger partial charge in [0.2, 0.25) is 11.8 Å². The van der Waals surface area contributed by atoms with Gasteiger partial charge < -0.3 is 10.2 Å². The minimum absolute atomic E-state index is 0.0258. The quantitative estimate of drug-likeness (QED) is 0.697. The Hall–Kier alpha value is -1.45. The van der Waals surface area contributed by atoms with E-state index >= 15 is 0 Å². The zero-order chi connectivity index (χ0) is 21.8. The third-order valence-electron chi connectivity index (χ3n) is 6.72. The van der Waals surface area contributed by atoms with Crippen LogP contribution >= 0.6 is 11.3 Å². The number of thiophene rings is 1. The largest absolute Gasteiger partial charge is 0.353 e. The van der Waals surface area contributed by atoms with Crippen molar-refractivity contribution in [2.24, 2.45) is 5.92 Å². The van der Waals surface area contributed by atoms with E-state index in [0.29, 0.717) is 30.4 Å². The maximum absolute atomic E-state index is 12.9. The fourth-order valence-electron chi connectivity index (χ4n) is 4.89. The van der Waals surface area contributed by atoms with Crippen molar-refractivity contribution in [3.8, 4) is 0 Å². The first-order valence-electron chi connectivity index (χ1n) is 11.6. The molecule has 1 aromatic rings. The Morgan fingerprint density at radius 2 is 1.71 bits per heavy atom. The molecule has 1 atom stereocenters. The fraction of sp³-hybridized carbons (Fsp3) is 0.727. The first-order chi connectivity index (χ1) is 14.9. The number of piperidine rings is 1. The predicted octanol–water partition coefficient (Wildman–Crippen LogP) is 2.76. The van der Waals surface area contributed by atoms with Crippen molar-refractivity contribution in [3.05, 3.63) is 17.0 Å². The van der Waals surface area contributed by atoms with Gasteiger partial charge in [-0.1, -0.05) is 19.3 Å². The van der Waals surface area contributed by atoms with Gasteiger partial charge in [0.05, 0.1) is 12.3 Å². The summed E-state index contributed by atoms with van der Waals surface area (Å²) in [7, 11) is -3.44. The highest BCUT2D eigenvalue weighted by Crippen LogP contribution is 2.28. The van der Waals surface area contributed by atoms with Crippen molar-refractivity contribution >= 4 is 33.2 Å². The van der Waals surface area contributed by atoms with Crippen LogP contribution in [-0.4, -0.2) is 61.7 Å². The summed E-state index contributed by atoms with van der Waals surface area (Å²) < 4.78 is 27.3. The summed E-state index contributed by atoms with van der Waals surface area (Å²) in [6.45, 7) is 2.28. The second-order valence-electron chi connectivity index (χ2n) is 9.03. The molecule has 0 aromatic carbocycles. The Kier molecular flexibility index (Phi) is 7.33. The Labute approximate surface area is 189 Å². The molecule has 2 saturated heterocycles. The van der Waals surface area contributed by atoms with Gasteiger partial charge in [0.1, 0.15) is 4.21 Å². The molecule has 1 aromatic heterocycles. The van der Waals surface area contributed by atoms with Gasteiger partial charge in [0, 0.05) is 37.1 Å². The minimum Gasteiger partial charge on any atom is -0.353 e. The number of rotatable bonds is 6. The van der Waals surface area contributed by atoms with Crippen LogP contribution in [0.3, 0.4) is 0 Å². The number of carbonyl (C=O) groups is 2. The summed E-state index contributed by atoms with van der Waals surface area (Å²) in [5.41, 5.74) is 0. The van der Waals surface area contributed by atoms with Gasteiger partial charge in [0.15, 0.2) is 0 Å². The highest BCUT2D eigenvalue weighted by molar-refractivity contribution is 7.91. The molecular formula is C22H33N3O4S2. The van der Waals surface area contributed by atoms with Crippen LogP contribution in [0.15, 0.2) is 16.3 Å². The van der Waals surface area contributed by atoms with E-state index in [1.54, 1.807) is 17.0 Å². The lowest BCUT2D eigenvalue weighted by molar-refractivity contribution is -0.135. The smallest absolute Gasteiger partial charge is 0.252 e. The maximum atomic E-state index is 12.9. The van der Waals surface area contributed by atoms with Crippen molar-refractivity contribution < 1.29 is 18.0 Å². The monoisotopic (exact) mass is 467 g/mol. The molecule has 172 valence electrons. The lowest BCUT2D eigenvalue weighted by atomic mass is 9.93. The third-order valence-corrected chi connectivity index (χ3v) is 10.2. The molecule has 0 spiro atoms. The van der Waals surface area contributed by atoms with Crippen LogP contribution < -0.4 is 5.32 Å².